The molecule has 0 saturated carbocycles. The second-order valence-corrected chi connectivity index (χ2v) is 6.86. The summed E-state index contributed by atoms with van der Waals surface area (Å²) in [5.74, 6) is -0.163. The lowest BCUT2D eigenvalue weighted by atomic mass is 9.94. The number of hydrogen-bond donors (Lipinski definition) is 1. The fourth-order valence-corrected chi connectivity index (χ4v) is 3.32. The molecule has 0 aliphatic heterocycles. The average molecular weight is 432 g/mol. The lowest BCUT2D eigenvalue weighted by Gasteiger charge is -2.29. The van der Waals surface area contributed by atoms with Gasteiger partial charge in [0.1, 0.15) is 0 Å². The van der Waals surface area contributed by atoms with Gasteiger partial charge in [-0.15, -0.1) is 0 Å². The quantitative estimate of drug-likeness (QED) is 0.667. The Kier molecular flexibility index (Phi) is 5.47. The van der Waals surface area contributed by atoms with Crippen LogP contribution in [0.4, 0.5) is 0 Å². The predicted molar refractivity (Wildman–Crippen MR) is 94.2 cm³/mol. The van der Waals surface area contributed by atoms with Crippen LogP contribution in [0.25, 0.3) is 0 Å². The molecule has 0 bridgehead atoms. The summed E-state index contributed by atoms with van der Waals surface area (Å²) in [5, 5.41) is 4.20. The second-order valence-electron chi connectivity index (χ2n) is 4.94. The topological polar surface area (TPSA) is 29.1 Å². The smallest absolute Gasteiger partial charge is 0.252 e. The van der Waals surface area contributed by atoms with E-state index in [0.29, 0.717) is 15.9 Å². The largest absolute Gasteiger partial charge is 0.342 e. The zero-order valence-corrected chi connectivity index (χ0v) is 15.3. The maximum absolute atomic E-state index is 12.5. The first-order valence-electron chi connectivity index (χ1n) is 6.35. The molecule has 0 fully saturated rings. The number of halogens is 3. The van der Waals surface area contributed by atoms with Gasteiger partial charge in [-0.05, 0) is 30.7 Å². The molecular formula is C16H14Br2ClNO. The molecule has 1 N–H and O–H groups in total. The highest BCUT2D eigenvalue weighted by molar-refractivity contribution is 9.10. The van der Waals surface area contributed by atoms with Crippen LogP contribution in [0.15, 0.2) is 53.0 Å². The third-order valence-electron chi connectivity index (χ3n) is 3.19. The molecule has 1 amide bonds. The van der Waals surface area contributed by atoms with Crippen molar-refractivity contribution in [1.82, 2.24) is 5.32 Å². The molecule has 2 aromatic rings. The Labute approximate surface area is 146 Å². The van der Waals surface area contributed by atoms with E-state index < -0.39 is 5.54 Å². The SMILES string of the molecule is CC(CBr)(NC(=O)c1cc(Cl)cc(Br)c1)c1ccccc1. The van der Waals surface area contributed by atoms with E-state index in [4.69, 9.17) is 11.6 Å². The minimum atomic E-state index is -0.493. The van der Waals surface area contributed by atoms with Crippen LogP contribution in [-0.2, 0) is 5.54 Å². The van der Waals surface area contributed by atoms with Crippen molar-refractivity contribution >= 4 is 49.4 Å². The third kappa shape index (κ3) is 4.09. The summed E-state index contributed by atoms with van der Waals surface area (Å²) < 4.78 is 0.778. The fraction of sp³-hybridized carbons (Fsp3) is 0.188. The summed E-state index contributed by atoms with van der Waals surface area (Å²) in [6, 6.07) is 15.0. The molecule has 0 aliphatic rings. The number of amides is 1. The van der Waals surface area contributed by atoms with Crippen LogP contribution in [0.2, 0.25) is 5.02 Å². The van der Waals surface area contributed by atoms with Crippen molar-refractivity contribution in [2.24, 2.45) is 0 Å². The maximum atomic E-state index is 12.5. The number of carbonyl (C=O) groups excluding carboxylic acids is 1. The third-order valence-corrected chi connectivity index (χ3v) is 4.99. The van der Waals surface area contributed by atoms with E-state index in [1.165, 1.54) is 0 Å². The lowest BCUT2D eigenvalue weighted by molar-refractivity contribution is 0.0914. The number of nitrogens with one attached hydrogen (secondary N) is 1. The molecule has 1 atom stereocenters. The normalized spacial score (nSPS) is 13.5. The minimum Gasteiger partial charge on any atom is -0.342 e. The van der Waals surface area contributed by atoms with E-state index in [2.05, 4.69) is 37.2 Å². The average Bonchev–Trinajstić information content (AvgIpc) is 2.47. The van der Waals surface area contributed by atoms with Crippen molar-refractivity contribution in [3.05, 3.63) is 69.2 Å². The number of alkyl halides is 1. The molecule has 0 aromatic heterocycles. The van der Waals surface area contributed by atoms with Gasteiger partial charge in [-0.2, -0.15) is 0 Å². The minimum absolute atomic E-state index is 0.163. The molecule has 110 valence electrons. The van der Waals surface area contributed by atoms with E-state index in [1.54, 1.807) is 18.2 Å². The van der Waals surface area contributed by atoms with Crippen molar-refractivity contribution in [2.75, 3.05) is 5.33 Å². The van der Waals surface area contributed by atoms with Crippen LogP contribution in [0.3, 0.4) is 0 Å². The Morgan fingerprint density at radius 1 is 1.24 bits per heavy atom. The molecule has 2 aromatic carbocycles. The van der Waals surface area contributed by atoms with E-state index in [-0.39, 0.29) is 5.91 Å². The Bertz CT molecular complexity index is 628. The van der Waals surface area contributed by atoms with Crippen molar-refractivity contribution < 1.29 is 4.79 Å². The summed E-state index contributed by atoms with van der Waals surface area (Å²) in [6.07, 6.45) is 0. The van der Waals surface area contributed by atoms with Gasteiger partial charge in [0, 0.05) is 20.4 Å². The van der Waals surface area contributed by atoms with Gasteiger partial charge in [0.05, 0.1) is 5.54 Å². The Hall–Kier alpha value is -0.840. The molecule has 0 radical (unpaired) electrons. The molecule has 0 saturated heterocycles. The number of rotatable bonds is 4. The van der Waals surface area contributed by atoms with Gasteiger partial charge in [0.2, 0.25) is 0 Å². The zero-order chi connectivity index (χ0) is 15.5. The first-order valence-corrected chi connectivity index (χ1v) is 8.64. The van der Waals surface area contributed by atoms with Gasteiger partial charge in [0.25, 0.3) is 5.91 Å². The van der Waals surface area contributed by atoms with E-state index in [9.17, 15) is 4.79 Å². The molecule has 0 heterocycles. The molecular weight excluding hydrogens is 417 g/mol. The summed E-state index contributed by atoms with van der Waals surface area (Å²) in [5.41, 5.74) is 1.07. The van der Waals surface area contributed by atoms with Crippen LogP contribution >= 0.6 is 43.5 Å². The summed E-state index contributed by atoms with van der Waals surface area (Å²) >= 11 is 12.8. The number of hydrogen-bond acceptors (Lipinski definition) is 1. The van der Waals surface area contributed by atoms with E-state index in [0.717, 1.165) is 10.0 Å². The molecule has 21 heavy (non-hydrogen) atoms. The van der Waals surface area contributed by atoms with Gasteiger partial charge in [0.15, 0.2) is 0 Å². The van der Waals surface area contributed by atoms with Crippen LogP contribution < -0.4 is 5.32 Å². The van der Waals surface area contributed by atoms with Gasteiger partial charge in [-0.3, -0.25) is 4.79 Å². The van der Waals surface area contributed by atoms with Crippen LogP contribution in [-0.4, -0.2) is 11.2 Å². The molecule has 2 nitrogen and oxygen atoms in total. The van der Waals surface area contributed by atoms with Gasteiger partial charge < -0.3 is 5.32 Å². The van der Waals surface area contributed by atoms with Crippen molar-refractivity contribution in [2.45, 2.75) is 12.5 Å². The molecule has 1 unspecified atom stereocenters. The lowest BCUT2D eigenvalue weighted by Crippen LogP contribution is -2.44. The molecule has 0 spiro atoms. The Morgan fingerprint density at radius 2 is 1.90 bits per heavy atom. The predicted octanol–water partition coefficient (Wildman–Crippen LogP) is 5.14. The van der Waals surface area contributed by atoms with E-state index >= 15 is 0 Å². The van der Waals surface area contributed by atoms with Crippen molar-refractivity contribution in [3.8, 4) is 0 Å². The maximum Gasteiger partial charge on any atom is 0.252 e. The second kappa shape index (κ2) is 6.95. The zero-order valence-electron chi connectivity index (χ0n) is 11.4. The van der Waals surface area contributed by atoms with Crippen LogP contribution in [0.1, 0.15) is 22.8 Å². The first-order chi connectivity index (χ1) is 9.94. The summed E-state index contributed by atoms with van der Waals surface area (Å²) in [6.45, 7) is 1.98. The number of carbonyl (C=O) groups is 1. The monoisotopic (exact) mass is 429 g/mol. The van der Waals surface area contributed by atoms with Crippen molar-refractivity contribution in [1.29, 1.82) is 0 Å². The van der Waals surface area contributed by atoms with Crippen molar-refractivity contribution in [3.63, 3.8) is 0 Å². The highest BCUT2D eigenvalue weighted by atomic mass is 79.9. The Balaban J connectivity index is 2.28. The highest BCUT2D eigenvalue weighted by Crippen LogP contribution is 2.25. The molecule has 5 heteroatoms. The standard InChI is InChI=1S/C16H14Br2ClNO/c1-16(10-17,12-5-3-2-4-6-12)20-15(21)11-7-13(18)9-14(19)8-11/h2-9H,10H2,1H3,(H,20,21). The summed E-state index contributed by atoms with van der Waals surface area (Å²) in [7, 11) is 0. The van der Waals surface area contributed by atoms with Gasteiger partial charge in [-0.1, -0.05) is 73.8 Å². The summed E-state index contributed by atoms with van der Waals surface area (Å²) in [4.78, 5) is 12.5. The number of benzene rings is 2. The highest BCUT2D eigenvalue weighted by Gasteiger charge is 2.27. The molecule has 2 rings (SSSR count). The van der Waals surface area contributed by atoms with Crippen LogP contribution in [0, 0.1) is 0 Å². The fourth-order valence-electron chi connectivity index (χ4n) is 2.00. The van der Waals surface area contributed by atoms with Gasteiger partial charge >= 0.3 is 0 Å². The van der Waals surface area contributed by atoms with Crippen LogP contribution in [0.5, 0.6) is 0 Å². The van der Waals surface area contributed by atoms with E-state index in [1.807, 2.05) is 37.3 Å². The first kappa shape index (κ1) is 16.5. The molecule has 0 aliphatic carbocycles. The van der Waals surface area contributed by atoms with Gasteiger partial charge in [-0.25, -0.2) is 0 Å². The Morgan fingerprint density at radius 3 is 2.48 bits per heavy atom.